The lowest BCUT2D eigenvalue weighted by atomic mass is 9.93. The number of imidazole rings is 1. The first-order chi connectivity index (χ1) is 12.2. The van der Waals surface area contributed by atoms with Gasteiger partial charge in [-0.2, -0.15) is 5.10 Å². The molecule has 0 radical (unpaired) electrons. The first kappa shape index (κ1) is 18.3. The zero-order valence-electron chi connectivity index (χ0n) is 16.2. The predicted molar refractivity (Wildman–Crippen MR) is 103 cm³/mol. The molecule has 0 bridgehead atoms. The van der Waals surface area contributed by atoms with Crippen molar-refractivity contribution in [2.24, 2.45) is 11.7 Å². The first-order valence-corrected chi connectivity index (χ1v) is 8.96. The highest BCUT2D eigenvalue weighted by Crippen LogP contribution is 2.26. The summed E-state index contributed by atoms with van der Waals surface area (Å²) < 4.78 is 7.74. The topological polar surface area (TPSA) is 78.3 Å². The van der Waals surface area contributed by atoms with Crippen LogP contribution in [0.3, 0.4) is 0 Å². The second-order valence-corrected chi connectivity index (χ2v) is 7.72. The van der Waals surface area contributed by atoms with Gasteiger partial charge in [0.15, 0.2) is 5.65 Å². The monoisotopic (exact) mass is 353 g/mol. The molecule has 6 heteroatoms. The highest BCUT2D eigenvalue weighted by Gasteiger charge is 2.21. The summed E-state index contributed by atoms with van der Waals surface area (Å²) in [6.07, 6.45) is 4.57. The van der Waals surface area contributed by atoms with Crippen molar-refractivity contribution in [3.05, 3.63) is 42.0 Å². The number of hydrogen-bond acceptors (Lipinski definition) is 5. The fourth-order valence-electron chi connectivity index (χ4n) is 3.30. The van der Waals surface area contributed by atoms with Crippen molar-refractivity contribution in [2.75, 3.05) is 6.61 Å². The number of ether oxygens (including phenoxy) is 1. The van der Waals surface area contributed by atoms with Gasteiger partial charge < -0.3 is 10.5 Å². The molecule has 3 rings (SSSR count). The summed E-state index contributed by atoms with van der Waals surface area (Å²) in [5, 5.41) is 4.30. The Balaban J connectivity index is 1.83. The lowest BCUT2D eigenvalue weighted by Crippen LogP contribution is -2.43. The maximum absolute atomic E-state index is 6.34. The van der Waals surface area contributed by atoms with Crippen LogP contribution in [0.15, 0.2) is 30.6 Å². The number of hydrogen-bond donors (Lipinski definition) is 1. The third-order valence-corrected chi connectivity index (χ3v) is 4.23. The Morgan fingerprint density at radius 3 is 2.65 bits per heavy atom. The molecule has 3 aromatic rings. The van der Waals surface area contributed by atoms with Gasteiger partial charge in [0.2, 0.25) is 0 Å². The SMILES string of the molecule is Cc1cn2nccc(-c3ccc(OC[C@@](C)(N)CC(C)C)c(C)n3)c2n1. The summed E-state index contributed by atoms with van der Waals surface area (Å²) in [5.74, 6) is 1.29. The molecule has 0 aliphatic heterocycles. The Labute approximate surface area is 154 Å². The molecule has 0 aliphatic carbocycles. The van der Waals surface area contributed by atoms with E-state index in [1.54, 1.807) is 10.7 Å². The average molecular weight is 353 g/mol. The van der Waals surface area contributed by atoms with Crippen LogP contribution >= 0.6 is 0 Å². The van der Waals surface area contributed by atoms with Crippen LogP contribution in [0.2, 0.25) is 0 Å². The van der Waals surface area contributed by atoms with Crippen LogP contribution in [0.4, 0.5) is 0 Å². The van der Waals surface area contributed by atoms with E-state index in [0.29, 0.717) is 12.5 Å². The summed E-state index contributed by atoms with van der Waals surface area (Å²) in [6.45, 7) is 10.7. The molecule has 0 fully saturated rings. The molecule has 0 saturated heterocycles. The standard InChI is InChI=1S/C20H27N5O/c1-13(2)10-20(5,21)12-26-18-7-6-17(24-15(18)4)16-8-9-22-25-11-14(3)23-19(16)25/h6-9,11,13H,10,12,21H2,1-5H3/t20-/m0/s1. The van der Waals surface area contributed by atoms with E-state index in [1.165, 1.54) is 0 Å². The van der Waals surface area contributed by atoms with Crippen LogP contribution in [0, 0.1) is 19.8 Å². The Morgan fingerprint density at radius 1 is 1.19 bits per heavy atom. The minimum Gasteiger partial charge on any atom is -0.490 e. The molecule has 1 atom stereocenters. The van der Waals surface area contributed by atoms with Crippen molar-refractivity contribution in [1.82, 2.24) is 19.6 Å². The number of nitrogens with two attached hydrogens (primary N) is 1. The van der Waals surface area contributed by atoms with Crippen LogP contribution in [-0.2, 0) is 0 Å². The Bertz CT molecular complexity index is 914. The summed E-state index contributed by atoms with van der Waals surface area (Å²) in [6, 6.07) is 5.84. The molecule has 2 N–H and O–H groups in total. The fourth-order valence-corrected chi connectivity index (χ4v) is 3.30. The zero-order chi connectivity index (χ0) is 18.9. The number of pyridine rings is 1. The van der Waals surface area contributed by atoms with Gasteiger partial charge in [-0.25, -0.2) is 14.5 Å². The van der Waals surface area contributed by atoms with Gasteiger partial charge in [-0.05, 0) is 51.3 Å². The van der Waals surface area contributed by atoms with E-state index in [1.807, 2.05) is 45.2 Å². The van der Waals surface area contributed by atoms with Gasteiger partial charge in [-0.1, -0.05) is 13.8 Å². The highest BCUT2D eigenvalue weighted by molar-refractivity contribution is 5.74. The van der Waals surface area contributed by atoms with E-state index in [9.17, 15) is 0 Å². The van der Waals surface area contributed by atoms with E-state index in [-0.39, 0.29) is 5.54 Å². The van der Waals surface area contributed by atoms with Crippen LogP contribution in [0.25, 0.3) is 16.9 Å². The van der Waals surface area contributed by atoms with Crippen molar-refractivity contribution in [2.45, 2.75) is 46.6 Å². The van der Waals surface area contributed by atoms with E-state index >= 15 is 0 Å². The molecule has 3 heterocycles. The molecular formula is C20H27N5O. The molecule has 0 aliphatic rings. The van der Waals surface area contributed by atoms with Crippen molar-refractivity contribution in [3.8, 4) is 17.0 Å². The number of rotatable bonds is 6. The number of nitrogens with zero attached hydrogens (tertiary/aromatic N) is 4. The van der Waals surface area contributed by atoms with E-state index in [4.69, 9.17) is 15.5 Å². The fraction of sp³-hybridized carbons (Fsp3) is 0.450. The third kappa shape index (κ3) is 4.02. The Hall–Kier alpha value is -2.47. The lowest BCUT2D eigenvalue weighted by molar-refractivity contribution is 0.205. The molecule has 0 spiro atoms. The van der Waals surface area contributed by atoms with Gasteiger partial charge in [0.05, 0.1) is 23.3 Å². The summed E-state index contributed by atoms with van der Waals surface area (Å²) >= 11 is 0. The predicted octanol–water partition coefficient (Wildman–Crippen LogP) is 3.55. The second kappa shape index (κ2) is 7.03. The van der Waals surface area contributed by atoms with Crippen molar-refractivity contribution in [3.63, 3.8) is 0 Å². The smallest absolute Gasteiger partial charge is 0.163 e. The van der Waals surface area contributed by atoms with Crippen LogP contribution in [-0.4, -0.2) is 31.7 Å². The minimum absolute atomic E-state index is 0.357. The van der Waals surface area contributed by atoms with E-state index in [0.717, 1.165) is 40.5 Å². The average Bonchev–Trinajstić information content (AvgIpc) is 2.92. The van der Waals surface area contributed by atoms with Crippen molar-refractivity contribution >= 4 is 5.65 Å². The summed E-state index contributed by atoms with van der Waals surface area (Å²) in [5.41, 5.74) is 10.3. The molecular weight excluding hydrogens is 326 g/mol. The first-order valence-electron chi connectivity index (χ1n) is 8.96. The summed E-state index contributed by atoms with van der Waals surface area (Å²) in [7, 11) is 0. The molecule has 3 aromatic heterocycles. The number of fused-ring (bicyclic) bond motifs is 1. The van der Waals surface area contributed by atoms with Gasteiger partial charge in [0.25, 0.3) is 0 Å². The van der Waals surface area contributed by atoms with Gasteiger partial charge >= 0.3 is 0 Å². The molecule has 0 amide bonds. The van der Waals surface area contributed by atoms with Crippen LogP contribution in [0.1, 0.15) is 38.6 Å². The van der Waals surface area contributed by atoms with Gasteiger partial charge in [-0.3, -0.25) is 0 Å². The zero-order valence-corrected chi connectivity index (χ0v) is 16.2. The van der Waals surface area contributed by atoms with Crippen LogP contribution < -0.4 is 10.5 Å². The third-order valence-electron chi connectivity index (χ3n) is 4.23. The maximum atomic E-state index is 6.34. The van der Waals surface area contributed by atoms with E-state index < -0.39 is 0 Å². The Kier molecular flexibility index (Phi) is 4.96. The largest absolute Gasteiger partial charge is 0.490 e. The molecule has 6 nitrogen and oxygen atoms in total. The van der Waals surface area contributed by atoms with Crippen molar-refractivity contribution < 1.29 is 4.74 Å². The normalized spacial score (nSPS) is 14.0. The van der Waals surface area contributed by atoms with Gasteiger partial charge in [0, 0.05) is 17.3 Å². The molecule has 0 aromatic carbocycles. The second-order valence-electron chi connectivity index (χ2n) is 7.72. The quantitative estimate of drug-likeness (QED) is 0.733. The minimum atomic E-state index is -0.357. The van der Waals surface area contributed by atoms with Gasteiger partial charge in [0.1, 0.15) is 12.4 Å². The number of aryl methyl sites for hydroxylation is 2. The molecule has 0 saturated carbocycles. The molecule has 138 valence electrons. The molecule has 26 heavy (non-hydrogen) atoms. The lowest BCUT2D eigenvalue weighted by Gasteiger charge is -2.27. The van der Waals surface area contributed by atoms with Crippen LogP contribution in [0.5, 0.6) is 5.75 Å². The maximum Gasteiger partial charge on any atom is 0.163 e. The number of aromatic nitrogens is 4. The highest BCUT2D eigenvalue weighted by atomic mass is 16.5. The van der Waals surface area contributed by atoms with E-state index in [2.05, 4.69) is 23.9 Å². The van der Waals surface area contributed by atoms with Crippen molar-refractivity contribution in [1.29, 1.82) is 0 Å². The summed E-state index contributed by atoms with van der Waals surface area (Å²) in [4.78, 5) is 9.27. The Morgan fingerprint density at radius 2 is 1.96 bits per heavy atom. The van der Waals surface area contributed by atoms with Gasteiger partial charge in [-0.15, -0.1) is 0 Å². The molecule has 0 unspecified atom stereocenters.